The molecule has 3 N–H and O–H groups in total. The lowest BCUT2D eigenvalue weighted by atomic mass is 9.91. The van der Waals surface area contributed by atoms with Crippen LogP contribution in [-0.2, 0) is 4.79 Å². The van der Waals surface area contributed by atoms with Crippen LogP contribution in [0.5, 0.6) is 0 Å². The van der Waals surface area contributed by atoms with Crippen molar-refractivity contribution in [3.05, 3.63) is 0 Å². The van der Waals surface area contributed by atoms with Gasteiger partial charge in [-0.15, -0.1) is 0 Å². The van der Waals surface area contributed by atoms with Gasteiger partial charge < -0.3 is 15.7 Å². The third-order valence-corrected chi connectivity index (χ3v) is 2.53. The van der Waals surface area contributed by atoms with E-state index in [2.05, 4.69) is 6.92 Å². The number of carbonyl (C=O) groups is 1. The Morgan fingerprint density at radius 2 is 2.00 bits per heavy atom. The highest BCUT2D eigenvalue weighted by atomic mass is 16.3. The number of rotatable bonds is 7. The van der Waals surface area contributed by atoms with Crippen LogP contribution in [0.4, 0.5) is 0 Å². The van der Waals surface area contributed by atoms with Crippen molar-refractivity contribution in [2.45, 2.75) is 33.6 Å². The summed E-state index contributed by atoms with van der Waals surface area (Å²) < 4.78 is 0. The van der Waals surface area contributed by atoms with Crippen LogP contribution in [0.25, 0.3) is 0 Å². The smallest absolute Gasteiger partial charge is 0.229 e. The van der Waals surface area contributed by atoms with E-state index in [9.17, 15) is 4.79 Å². The largest absolute Gasteiger partial charge is 0.395 e. The maximum atomic E-state index is 12.0. The first kappa shape index (κ1) is 14.4. The van der Waals surface area contributed by atoms with Crippen LogP contribution in [0.3, 0.4) is 0 Å². The van der Waals surface area contributed by atoms with Gasteiger partial charge in [-0.2, -0.15) is 0 Å². The molecule has 0 saturated carbocycles. The fraction of sp³-hybridized carbons (Fsp3) is 0.909. The second kappa shape index (κ2) is 6.80. The zero-order valence-corrected chi connectivity index (χ0v) is 10.1. The normalized spacial score (nSPS) is 11.5. The van der Waals surface area contributed by atoms with E-state index in [-0.39, 0.29) is 12.5 Å². The lowest BCUT2D eigenvalue weighted by Crippen LogP contribution is -2.46. The molecule has 0 fully saturated rings. The van der Waals surface area contributed by atoms with Crippen molar-refractivity contribution in [2.24, 2.45) is 11.1 Å². The van der Waals surface area contributed by atoms with Gasteiger partial charge in [0.2, 0.25) is 5.91 Å². The van der Waals surface area contributed by atoms with Gasteiger partial charge in [-0.05, 0) is 20.3 Å². The second-order valence-corrected chi connectivity index (χ2v) is 4.46. The minimum absolute atomic E-state index is 0.0100. The summed E-state index contributed by atoms with van der Waals surface area (Å²) in [6.07, 6.45) is 2.00. The first-order chi connectivity index (χ1) is 6.99. The lowest BCUT2D eigenvalue weighted by molar-refractivity contribution is -0.140. The van der Waals surface area contributed by atoms with Gasteiger partial charge in [0, 0.05) is 19.6 Å². The molecule has 90 valence electrons. The summed E-state index contributed by atoms with van der Waals surface area (Å²) in [6, 6.07) is 0. The Kier molecular flexibility index (Phi) is 6.52. The third kappa shape index (κ3) is 4.62. The van der Waals surface area contributed by atoms with Crippen LogP contribution in [-0.4, -0.2) is 42.2 Å². The van der Waals surface area contributed by atoms with Crippen LogP contribution in [0.1, 0.15) is 33.6 Å². The number of nitrogens with zero attached hydrogens (tertiary/aromatic N) is 1. The number of carbonyl (C=O) groups excluding carboxylic acids is 1. The van der Waals surface area contributed by atoms with Gasteiger partial charge in [-0.25, -0.2) is 0 Å². The summed E-state index contributed by atoms with van der Waals surface area (Å²) in [5.41, 5.74) is 5.03. The monoisotopic (exact) mass is 216 g/mol. The minimum atomic E-state index is -0.525. The zero-order chi connectivity index (χ0) is 11.9. The Labute approximate surface area is 92.4 Å². The SMILES string of the molecule is CCCCN(CCO)C(=O)C(C)(C)CN. The molecule has 15 heavy (non-hydrogen) atoms. The molecule has 4 nitrogen and oxygen atoms in total. The predicted molar refractivity (Wildman–Crippen MR) is 61.4 cm³/mol. The van der Waals surface area contributed by atoms with Crippen LogP contribution in [0.2, 0.25) is 0 Å². The fourth-order valence-electron chi connectivity index (χ4n) is 1.30. The van der Waals surface area contributed by atoms with Crippen LogP contribution < -0.4 is 5.73 Å². The van der Waals surface area contributed by atoms with Crippen LogP contribution >= 0.6 is 0 Å². The van der Waals surface area contributed by atoms with Crippen molar-refractivity contribution in [1.29, 1.82) is 0 Å². The van der Waals surface area contributed by atoms with Crippen LogP contribution in [0.15, 0.2) is 0 Å². The highest BCUT2D eigenvalue weighted by Gasteiger charge is 2.29. The van der Waals surface area contributed by atoms with Gasteiger partial charge in [0.15, 0.2) is 0 Å². The highest BCUT2D eigenvalue weighted by molar-refractivity contribution is 5.82. The molecular formula is C11H24N2O2. The summed E-state index contributed by atoms with van der Waals surface area (Å²) in [6.45, 7) is 7.21. The quantitative estimate of drug-likeness (QED) is 0.654. The summed E-state index contributed by atoms with van der Waals surface area (Å²) >= 11 is 0. The van der Waals surface area contributed by atoms with E-state index in [1.807, 2.05) is 13.8 Å². The lowest BCUT2D eigenvalue weighted by Gasteiger charge is -2.30. The molecule has 0 heterocycles. The van der Waals surface area contributed by atoms with E-state index >= 15 is 0 Å². The van der Waals surface area contributed by atoms with E-state index in [1.165, 1.54) is 0 Å². The molecule has 0 aromatic heterocycles. The van der Waals surface area contributed by atoms with Crippen molar-refractivity contribution < 1.29 is 9.90 Å². The van der Waals surface area contributed by atoms with Gasteiger partial charge in [-0.3, -0.25) is 4.79 Å². The van der Waals surface area contributed by atoms with Gasteiger partial charge in [0.05, 0.1) is 12.0 Å². The average Bonchev–Trinajstić information content (AvgIpc) is 2.23. The number of aliphatic hydroxyl groups excluding tert-OH is 1. The molecule has 0 saturated heterocycles. The van der Waals surface area contributed by atoms with Gasteiger partial charge in [-0.1, -0.05) is 13.3 Å². The highest BCUT2D eigenvalue weighted by Crippen LogP contribution is 2.17. The zero-order valence-electron chi connectivity index (χ0n) is 10.1. The van der Waals surface area contributed by atoms with Crippen molar-refractivity contribution in [1.82, 2.24) is 4.90 Å². The topological polar surface area (TPSA) is 66.6 Å². The van der Waals surface area contributed by atoms with Crippen molar-refractivity contribution in [3.8, 4) is 0 Å². The molecular weight excluding hydrogens is 192 g/mol. The molecule has 0 rings (SSSR count). The number of aliphatic hydroxyl groups is 1. The predicted octanol–water partition coefficient (Wildman–Crippen LogP) is 0.592. The average molecular weight is 216 g/mol. The number of unbranched alkanes of at least 4 members (excludes halogenated alkanes) is 1. The van der Waals surface area contributed by atoms with Gasteiger partial charge in [0.25, 0.3) is 0 Å². The Hall–Kier alpha value is -0.610. The molecule has 0 radical (unpaired) electrons. The molecule has 0 aliphatic carbocycles. The summed E-state index contributed by atoms with van der Waals surface area (Å²) in [5, 5.41) is 8.90. The molecule has 4 heteroatoms. The first-order valence-electron chi connectivity index (χ1n) is 5.60. The molecule has 0 aliphatic rings. The molecule has 0 aliphatic heterocycles. The Morgan fingerprint density at radius 3 is 2.40 bits per heavy atom. The molecule has 1 amide bonds. The molecule has 0 spiro atoms. The van der Waals surface area contributed by atoms with E-state index in [0.29, 0.717) is 19.6 Å². The fourth-order valence-corrected chi connectivity index (χ4v) is 1.30. The second-order valence-electron chi connectivity index (χ2n) is 4.46. The van der Waals surface area contributed by atoms with Crippen molar-refractivity contribution >= 4 is 5.91 Å². The van der Waals surface area contributed by atoms with E-state index in [4.69, 9.17) is 10.8 Å². The van der Waals surface area contributed by atoms with E-state index in [1.54, 1.807) is 4.90 Å². The number of hydrogen-bond donors (Lipinski definition) is 2. The van der Waals surface area contributed by atoms with Gasteiger partial charge >= 0.3 is 0 Å². The Morgan fingerprint density at radius 1 is 1.40 bits per heavy atom. The maximum Gasteiger partial charge on any atom is 0.229 e. The van der Waals surface area contributed by atoms with Gasteiger partial charge in [0.1, 0.15) is 0 Å². The molecule has 0 aromatic rings. The number of hydrogen-bond acceptors (Lipinski definition) is 3. The molecule has 0 aromatic carbocycles. The van der Waals surface area contributed by atoms with Crippen LogP contribution in [0, 0.1) is 5.41 Å². The van der Waals surface area contributed by atoms with E-state index in [0.717, 1.165) is 12.8 Å². The third-order valence-electron chi connectivity index (χ3n) is 2.53. The molecule has 0 unspecified atom stereocenters. The number of nitrogens with two attached hydrogens (primary N) is 1. The summed E-state index contributed by atoms with van der Waals surface area (Å²) in [7, 11) is 0. The number of amides is 1. The summed E-state index contributed by atoms with van der Waals surface area (Å²) in [4.78, 5) is 13.7. The Bertz CT molecular complexity index is 193. The minimum Gasteiger partial charge on any atom is -0.395 e. The first-order valence-corrected chi connectivity index (χ1v) is 5.60. The summed E-state index contributed by atoms with van der Waals surface area (Å²) in [5.74, 6) is 0.0347. The molecule has 0 atom stereocenters. The standard InChI is InChI=1S/C11H24N2O2/c1-4-5-6-13(7-8-14)10(15)11(2,3)9-12/h14H,4-9,12H2,1-3H3. The van der Waals surface area contributed by atoms with Crippen molar-refractivity contribution in [2.75, 3.05) is 26.2 Å². The van der Waals surface area contributed by atoms with Crippen molar-refractivity contribution in [3.63, 3.8) is 0 Å². The van der Waals surface area contributed by atoms with E-state index < -0.39 is 5.41 Å². The molecule has 0 bridgehead atoms. The Balaban J connectivity index is 4.40. The maximum absolute atomic E-state index is 12.0.